The Kier molecular flexibility index (Phi) is 5.89. The maximum absolute atomic E-state index is 12.8. The van der Waals surface area contributed by atoms with E-state index in [1.807, 2.05) is 6.07 Å². The van der Waals surface area contributed by atoms with Gasteiger partial charge in [-0.25, -0.2) is 0 Å². The van der Waals surface area contributed by atoms with Crippen molar-refractivity contribution in [2.45, 2.75) is 22.9 Å². The van der Waals surface area contributed by atoms with E-state index in [1.54, 1.807) is 48.5 Å². The van der Waals surface area contributed by atoms with Gasteiger partial charge in [-0.05, 0) is 36.4 Å². The number of aliphatic hydroxyl groups excluding tert-OH is 2. The van der Waals surface area contributed by atoms with Gasteiger partial charge in [-0.2, -0.15) is 17.9 Å². The maximum Gasteiger partial charge on any atom is 0.196 e. The van der Waals surface area contributed by atoms with Crippen LogP contribution in [0.3, 0.4) is 0 Å². The zero-order valence-electron chi connectivity index (χ0n) is 13.6. The molecule has 1 saturated heterocycles. The molecule has 2 N–H and O–H groups in total. The summed E-state index contributed by atoms with van der Waals surface area (Å²) in [6.07, 6.45) is -2.74. The molecule has 4 atom stereocenters. The summed E-state index contributed by atoms with van der Waals surface area (Å²) in [4.78, 5) is 12.8. The average Bonchev–Trinajstić information content (AvgIpc) is 2.68. The molecule has 0 saturated carbocycles. The molecule has 1 heterocycles. The van der Waals surface area contributed by atoms with Gasteiger partial charge in [-0.1, -0.05) is 12.1 Å². The normalized spacial score (nSPS) is 25.3. The van der Waals surface area contributed by atoms with E-state index in [1.165, 1.54) is 11.8 Å². The van der Waals surface area contributed by atoms with Crippen LogP contribution in [0.4, 0.5) is 0 Å². The van der Waals surface area contributed by atoms with E-state index < -0.39 is 18.3 Å². The van der Waals surface area contributed by atoms with Crippen molar-refractivity contribution < 1.29 is 19.7 Å². The number of aliphatic hydroxyl groups is 2. The van der Waals surface area contributed by atoms with E-state index in [0.29, 0.717) is 28.2 Å². The molecule has 0 unspecified atom stereocenters. The number of hydrogen-bond donors (Lipinski definition) is 3. The molecule has 2 aromatic rings. The number of para-hydroxylation sites is 1. The summed E-state index contributed by atoms with van der Waals surface area (Å²) in [5.41, 5.74) is 1.25. The minimum atomic E-state index is -1.09. The van der Waals surface area contributed by atoms with E-state index in [4.69, 9.17) is 10.00 Å². The van der Waals surface area contributed by atoms with Gasteiger partial charge >= 0.3 is 0 Å². The fourth-order valence-electron chi connectivity index (χ4n) is 2.66. The summed E-state index contributed by atoms with van der Waals surface area (Å²) >= 11 is 5.80. The summed E-state index contributed by atoms with van der Waals surface area (Å²) < 4.78 is 5.56. The quantitative estimate of drug-likeness (QED) is 0.551. The van der Waals surface area contributed by atoms with Crippen molar-refractivity contribution in [1.82, 2.24) is 0 Å². The molecule has 7 heteroatoms. The van der Waals surface area contributed by atoms with E-state index in [0.717, 1.165) is 0 Å². The molecule has 0 radical (unpaired) electrons. The van der Waals surface area contributed by atoms with Crippen molar-refractivity contribution in [2.24, 2.45) is 0 Å². The molecule has 134 valence electrons. The monoisotopic (exact) mass is 387 g/mol. The first-order valence-electron chi connectivity index (χ1n) is 7.97. The first-order chi connectivity index (χ1) is 12.5. The number of hydrogen-bond acceptors (Lipinski definition) is 7. The van der Waals surface area contributed by atoms with Crippen LogP contribution in [0.1, 0.15) is 21.5 Å². The van der Waals surface area contributed by atoms with Gasteiger partial charge in [0.15, 0.2) is 5.78 Å². The second kappa shape index (κ2) is 8.14. The van der Waals surface area contributed by atoms with Crippen molar-refractivity contribution in [2.75, 3.05) is 5.75 Å². The number of thiol groups is 1. The number of thioether (sulfide) groups is 1. The van der Waals surface area contributed by atoms with Crippen molar-refractivity contribution in [3.8, 4) is 11.8 Å². The lowest BCUT2D eigenvalue weighted by atomic mass is 10.0. The molecule has 5 nitrogen and oxygen atoms in total. The predicted molar refractivity (Wildman–Crippen MR) is 103 cm³/mol. The Labute approximate surface area is 161 Å². The largest absolute Gasteiger partial charge is 0.485 e. The number of carbonyl (C=O) groups is 1. The molecule has 0 amide bonds. The second-order valence-electron chi connectivity index (χ2n) is 5.88. The maximum atomic E-state index is 12.8. The standard InChI is InChI=1S/C19H17NO4S2/c20-9-11-5-7-12(8-6-11)16(22)13-3-1-2-4-15(13)24-18-17(23)14(21)10-26-19(18)25/h1-8,14,17-19,21,23,25H,10H2/t14-,17+,18-,19-/m1/s1. The van der Waals surface area contributed by atoms with Gasteiger partial charge < -0.3 is 14.9 Å². The fraction of sp³-hybridized carbons (Fsp3) is 0.263. The fourth-order valence-corrected chi connectivity index (χ4v) is 4.15. The first kappa shape index (κ1) is 18.8. The summed E-state index contributed by atoms with van der Waals surface area (Å²) in [5.74, 6) is 0.444. The number of benzene rings is 2. The number of ether oxygens (including phenoxy) is 1. The van der Waals surface area contributed by atoms with E-state index in [2.05, 4.69) is 12.6 Å². The zero-order valence-corrected chi connectivity index (χ0v) is 15.4. The van der Waals surface area contributed by atoms with Crippen molar-refractivity contribution in [1.29, 1.82) is 5.26 Å². The first-order valence-corrected chi connectivity index (χ1v) is 9.54. The molecule has 1 aliphatic rings. The van der Waals surface area contributed by atoms with Crippen LogP contribution in [0.5, 0.6) is 5.75 Å². The number of nitrogens with zero attached hydrogens (tertiary/aromatic N) is 1. The zero-order chi connectivity index (χ0) is 18.7. The summed E-state index contributed by atoms with van der Waals surface area (Å²) in [6, 6.07) is 15.1. The van der Waals surface area contributed by atoms with E-state index >= 15 is 0 Å². The predicted octanol–water partition coefficient (Wildman–Crippen LogP) is 2.26. The SMILES string of the molecule is N#Cc1ccc(C(=O)c2ccccc2O[C@@H]2[C@@H](O)[C@H](O)CS[C@H]2S)cc1. The van der Waals surface area contributed by atoms with Crippen LogP contribution in [-0.4, -0.2) is 44.6 Å². The highest BCUT2D eigenvalue weighted by Gasteiger charge is 2.39. The highest BCUT2D eigenvalue weighted by atomic mass is 32.2. The highest BCUT2D eigenvalue weighted by molar-refractivity contribution is 8.10. The Hall–Kier alpha value is -1.98. The lowest BCUT2D eigenvalue weighted by Crippen LogP contribution is -2.50. The third-order valence-electron chi connectivity index (χ3n) is 4.12. The third-order valence-corrected chi connectivity index (χ3v) is 6.01. The van der Waals surface area contributed by atoms with Crippen LogP contribution in [0.15, 0.2) is 48.5 Å². The summed E-state index contributed by atoms with van der Waals surface area (Å²) in [6.45, 7) is 0. The van der Waals surface area contributed by atoms with E-state index in [9.17, 15) is 15.0 Å². The Morgan fingerprint density at radius 2 is 1.88 bits per heavy atom. The smallest absolute Gasteiger partial charge is 0.196 e. The molecule has 2 aromatic carbocycles. The molecule has 26 heavy (non-hydrogen) atoms. The molecule has 3 rings (SSSR count). The minimum Gasteiger partial charge on any atom is -0.485 e. The lowest BCUT2D eigenvalue weighted by Gasteiger charge is -2.36. The van der Waals surface area contributed by atoms with Crippen LogP contribution in [0.25, 0.3) is 0 Å². The van der Waals surface area contributed by atoms with E-state index in [-0.39, 0.29) is 10.4 Å². The topological polar surface area (TPSA) is 90.6 Å². The van der Waals surface area contributed by atoms with Gasteiger partial charge in [-0.15, -0.1) is 11.8 Å². The Morgan fingerprint density at radius 3 is 2.58 bits per heavy atom. The number of ketones is 1. The molecule has 0 bridgehead atoms. The van der Waals surface area contributed by atoms with Gasteiger partial charge in [0.05, 0.1) is 27.9 Å². The van der Waals surface area contributed by atoms with Crippen molar-refractivity contribution in [3.05, 3.63) is 65.2 Å². The van der Waals surface area contributed by atoms with Gasteiger partial charge in [0.25, 0.3) is 0 Å². The summed E-state index contributed by atoms with van der Waals surface area (Å²) in [5, 5.41) is 29.0. The van der Waals surface area contributed by atoms with Crippen LogP contribution in [0.2, 0.25) is 0 Å². The Morgan fingerprint density at radius 1 is 1.19 bits per heavy atom. The lowest BCUT2D eigenvalue weighted by molar-refractivity contribution is -0.0373. The molecule has 0 spiro atoms. The average molecular weight is 387 g/mol. The number of nitriles is 1. The summed E-state index contributed by atoms with van der Waals surface area (Å²) in [7, 11) is 0. The van der Waals surface area contributed by atoms with Crippen LogP contribution in [-0.2, 0) is 0 Å². The van der Waals surface area contributed by atoms with Crippen molar-refractivity contribution in [3.63, 3.8) is 0 Å². The second-order valence-corrected chi connectivity index (χ2v) is 7.96. The number of rotatable bonds is 4. The number of carbonyl (C=O) groups excluding carboxylic acids is 1. The van der Waals surface area contributed by atoms with Gasteiger partial charge in [0, 0.05) is 11.3 Å². The Bertz CT molecular complexity index is 834. The third kappa shape index (κ3) is 3.89. The van der Waals surface area contributed by atoms with Crippen molar-refractivity contribution >= 4 is 30.2 Å². The molecule has 1 fully saturated rings. The minimum absolute atomic E-state index is 0.251. The van der Waals surface area contributed by atoms with Crippen LogP contribution < -0.4 is 4.74 Å². The highest BCUT2D eigenvalue weighted by Crippen LogP contribution is 2.33. The van der Waals surface area contributed by atoms with Gasteiger partial charge in [-0.3, -0.25) is 4.79 Å². The van der Waals surface area contributed by atoms with Gasteiger partial charge in [0.2, 0.25) is 0 Å². The van der Waals surface area contributed by atoms with Crippen LogP contribution in [0, 0.1) is 11.3 Å². The Balaban J connectivity index is 1.88. The molecule has 1 aliphatic heterocycles. The molecular formula is C19H17NO4S2. The molecule has 0 aromatic heterocycles. The molecular weight excluding hydrogens is 370 g/mol. The van der Waals surface area contributed by atoms with Crippen LogP contribution >= 0.6 is 24.4 Å². The molecule has 0 aliphatic carbocycles. The van der Waals surface area contributed by atoms with Gasteiger partial charge in [0.1, 0.15) is 18.0 Å².